The zero-order chi connectivity index (χ0) is 29.5. The van der Waals surface area contributed by atoms with Crippen LogP contribution in [0.25, 0.3) is 43.8 Å². The van der Waals surface area contributed by atoms with Gasteiger partial charge in [0.05, 0.1) is 11.1 Å². The van der Waals surface area contributed by atoms with Crippen LogP contribution in [-0.4, -0.2) is 0 Å². The number of hydrogen-bond acceptors (Lipinski definition) is 0. The van der Waals surface area contributed by atoms with Crippen molar-refractivity contribution in [2.75, 3.05) is 0 Å². The lowest BCUT2D eigenvalue weighted by Crippen LogP contribution is -2.08. The minimum atomic E-state index is -2.72. The Balaban J connectivity index is 2.24. The molecule has 0 aliphatic heterocycles. The molecule has 0 aliphatic rings. The van der Waals surface area contributed by atoms with Gasteiger partial charge in [0.15, 0.2) is 69.8 Å². The van der Waals surface area contributed by atoms with Crippen LogP contribution in [0.5, 0.6) is 0 Å². The Bertz CT molecular complexity index is 1890. The summed E-state index contributed by atoms with van der Waals surface area (Å²) in [4.78, 5) is 0. The third-order valence-electron chi connectivity index (χ3n) is 6.11. The molecule has 0 fully saturated rings. The van der Waals surface area contributed by atoms with Crippen molar-refractivity contribution in [3.63, 3.8) is 0 Å². The fourth-order valence-corrected chi connectivity index (χ4v) is 4.45. The maximum atomic E-state index is 15.3. The number of benzene rings is 5. The lowest BCUT2D eigenvalue weighted by atomic mass is 9.84. The zero-order valence-corrected chi connectivity index (χ0v) is 18.6. The van der Waals surface area contributed by atoms with E-state index in [1.54, 1.807) is 0 Å². The highest BCUT2D eigenvalue weighted by Crippen LogP contribution is 2.49. The van der Waals surface area contributed by atoms with Crippen molar-refractivity contribution in [2.24, 2.45) is 0 Å². The van der Waals surface area contributed by atoms with E-state index in [0.717, 1.165) is 0 Å². The van der Waals surface area contributed by atoms with Crippen molar-refractivity contribution in [1.29, 1.82) is 0 Å². The Morgan fingerprint density at radius 3 is 1.15 bits per heavy atom. The quantitative estimate of drug-likeness (QED) is 0.0843. The van der Waals surface area contributed by atoms with Gasteiger partial charge in [0.25, 0.3) is 0 Å². The SMILES string of the molecule is Fc1ccc2c(-c3c(F)c(F)c(F)c(F)c3F)c3c(F)c(F)c(F)c(F)c3c(-c3c(F)c(F)cc(F)c3F)c2c1. The molecule has 0 nitrogen and oxygen atoms in total. The molecule has 40 heavy (non-hydrogen) atoms. The molecule has 0 bridgehead atoms. The smallest absolute Gasteiger partial charge is 0.200 e. The standard InChI is InChI=1S/C26H4F14/c27-5-1-2-6-7(3-5)11(14-16(30)8(28)4-9(29)17(14)31)13-12(18(32)22(36)23(37)19(13)33)10(6)15-20(34)24(38)26(40)25(39)21(15)35/h1-4H. The summed E-state index contributed by atoms with van der Waals surface area (Å²) < 4.78 is 203. The van der Waals surface area contributed by atoms with Gasteiger partial charge in [-0.1, -0.05) is 6.07 Å². The van der Waals surface area contributed by atoms with E-state index in [9.17, 15) is 52.7 Å². The highest BCUT2D eigenvalue weighted by molar-refractivity contribution is 6.22. The topological polar surface area (TPSA) is 0 Å². The maximum absolute atomic E-state index is 15.3. The molecule has 0 aromatic heterocycles. The van der Waals surface area contributed by atoms with Crippen LogP contribution in [0.2, 0.25) is 0 Å². The van der Waals surface area contributed by atoms with Gasteiger partial charge in [-0.25, -0.2) is 61.5 Å². The number of rotatable bonds is 2. The van der Waals surface area contributed by atoms with Crippen molar-refractivity contribution in [1.82, 2.24) is 0 Å². The molecule has 0 saturated heterocycles. The first-order valence-corrected chi connectivity index (χ1v) is 10.5. The molecule has 5 aromatic rings. The van der Waals surface area contributed by atoms with Gasteiger partial charge in [-0.05, 0) is 22.9 Å². The van der Waals surface area contributed by atoms with E-state index in [2.05, 4.69) is 0 Å². The van der Waals surface area contributed by atoms with Crippen LogP contribution >= 0.6 is 0 Å². The second-order valence-electron chi connectivity index (χ2n) is 8.23. The van der Waals surface area contributed by atoms with Gasteiger partial charge < -0.3 is 0 Å². The minimum Gasteiger partial charge on any atom is -0.207 e. The molecule has 206 valence electrons. The summed E-state index contributed by atoms with van der Waals surface area (Å²) in [5.41, 5.74) is -7.16. The molecule has 0 saturated carbocycles. The molecule has 0 atom stereocenters. The third kappa shape index (κ3) is 3.54. The van der Waals surface area contributed by atoms with E-state index in [-0.39, 0.29) is 12.1 Å². The molecule has 0 spiro atoms. The first kappa shape index (κ1) is 27.2. The van der Waals surface area contributed by atoms with E-state index in [0.29, 0.717) is 12.1 Å². The zero-order valence-electron chi connectivity index (χ0n) is 18.6. The van der Waals surface area contributed by atoms with Crippen molar-refractivity contribution >= 4 is 21.5 Å². The van der Waals surface area contributed by atoms with Crippen LogP contribution in [0.3, 0.4) is 0 Å². The summed E-state index contributed by atoms with van der Waals surface area (Å²) in [6.07, 6.45) is 0. The van der Waals surface area contributed by atoms with E-state index in [1.165, 1.54) is 0 Å². The van der Waals surface area contributed by atoms with Crippen molar-refractivity contribution in [3.8, 4) is 22.3 Å². The van der Waals surface area contributed by atoms with Gasteiger partial charge in [-0.2, -0.15) is 0 Å². The summed E-state index contributed by atoms with van der Waals surface area (Å²) in [5, 5.41) is -6.01. The van der Waals surface area contributed by atoms with Crippen LogP contribution in [-0.2, 0) is 0 Å². The molecule has 5 aromatic carbocycles. The molecular weight excluding hydrogens is 578 g/mol. The fourth-order valence-electron chi connectivity index (χ4n) is 4.45. The summed E-state index contributed by atoms with van der Waals surface area (Å²) in [6, 6.07) is 0.713. The van der Waals surface area contributed by atoms with Crippen LogP contribution in [0.1, 0.15) is 0 Å². The Hall–Kier alpha value is -4.36. The highest BCUT2D eigenvalue weighted by atomic mass is 19.2. The average molecular weight is 582 g/mol. The second kappa shape index (κ2) is 9.10. The molecule has 0 radical (unpaired) electrons. The Kier molecular flexibility index (Phi) is 6.19. The van der Waals surface area contributed by atoms with Crippen molar-refractivity contribution in [2.45, 2.75) is 0 Å². The molecule has 0 N–H and O–H groups in total. The molecule has 0 heterocycles. The van der Waals surface area contributed by atoms with Crippen LogP contribution in [0.4, 0.5) is 61.5 Å². The molecule has 0 unspecified atom stereocenters. The Morgan fingerprint density at radius 1 is 0.300 bits per heavy atom. The van der Waals surface area contributed by atoms with Gasteiger partial charge in [0.2, 0.25) is 5.82 Å². The summed E-state index contributed by atoms with van der Waals surface area (Å²) >= 11 is 0. The number of halogens is 14. The number of hydrogen-bond donors (Lipinski definition) is 0. The largest absolute Gasteiger partial charge is 0.207 e. The molecular formula is C26H4F14. The van der Waals surface area contributed by atoms with Gasteiger partial charge in [0.1, 0.15) is 5.82 Å². The van der Waals surface area contributed by atoms with Gasteiger partial charge >= 0.3 is 0 Å². The van der Waals surface area contributed by atoms with Crippen molar-refractivity contribution < 1.29 is 61.5 Å². The third-order valence-corrected chi connectivity index (χ3v) is 6.11. The van der Waals surface area contributed by atoms with E-state index < -0.39 is 125 Å². The monoisotopic (exact) mass is 582 g/mol. The van der Waals surface area contributed by atoms with E-state index in [1.807, 2.05) is 0 Å². The molecule has 0 amide bonds. The summed E-state index contributed by atoms with van der Waals surface area (Å²) in [5.74, 6) is -34.3. The van der Waals surface area contributed by atoms with Crippen molar-refractivity contribution in [3.05, 3.63) is 106 Å². The fraction of sp³-hybridized carbons (Fsp3) is 0. The normalized spacial score (nSPS) is 11.8. The van der Waals surface area contributed by atoms with Crippen LogP contribution < -0.4 is 0 Å². The van der Waals surface area contributed by atoms with E-state index in [4.69, 9.17) is 0 Å². The predicted molar refractivity (Wildman–Crippen MR) is 112 cm³/mol. The lowest BCUT2D eigenvalue weighted by Gasteiger charge is -2.21. The molecule has 0 aliphatic carbocycles. The highest BCUT2D eigenvalue weighted by Gasteiger charge is 2.35. The van der Waals surface area contributed by atoms with Gasteiger partial charge in [0, 0.05) is 28.0 Å². The minimum absolute atomic E-state index is 0.194. The summed E-state index contributed by atoms with van der Waals surface area (Å²) in [7, 11) is 0. The van der Waals surface area contributed by atoms with Crippen LogP contribution in [0, 0.1) is 81.4 Å². The first-order chi connectivity index (χ1) is 18.7. The summed E-state index contributed by atoms with van der Waals surface area (Å²) in [6.45, 7) is 0. The second-order valence-corrected chi connectivity index (χ2v) is 8.23. The predicted octanol–water partition coefficient (Wildman–Crippen LogP) is 9.27. The van der Waals surface area contributed by atoms with Crippen LogP contribution in [0.15, 0.2) is 24.3 Å². The number of fused-ring (bicyclic) bond motifs is 2. The lowest BCUT2D eigenvalue weighted by molar-refractivity contribution is 0.381. The Morgan fingerprint density at radius 2 is 0.675 bits per heavy atom. The molecule has 14 heteroatoms. The maximum Gasteiger partial charge on any atom is 0.200 e. The van der Waals surface area contributed by atoms with Gasteiger partial charge in [-0.3, -0.25) is 0 Å². The first-order valence-electron chi connectivity index (χ1n) is 10.5. The molecule has 5 rings (SSSR count). The average Bonchev–Trinajstić information content (AvgIpc) is 2.92. The Labute approximate surface area is 211 Å². The van der Waals surface area contributed by atoms with Gasteiger partial charge in [-0.15, -0.1) is 0 Å². The van der Waals surface area contributed by atoms with E-state index >= 15 is 8.78 Å².